The molecule has 7 nitrogen and oxygen atoms in total. The normalized spacial score (nSPS) is 17.4. The first-order valence-corrected chi connectivity index (χ1v) is 8.24. The van der Waals surface area contributed by atoms with E-state index in [0.717, 1.165) is 6.20 Å². The zero-order valence-electron chi connectivity index (χ0n) is 14.5. The molecule has 1 aromatic heterocycles. The number of carbonyl (C=O) groups is 2. The van der Waals surface area contributed by atoms with Crippen molar-refractivity contribution in [2.24, 2.45) is 0 Å². The Morgan fingerprint density at radius 2 is 2.08 bits per heavy atom. The Morgan fingerprint density at radius 3 is 2.77 bits per heavy atom. The fraction of sp³-hybridized carbons (Fsp3) is 0.333. The van der Waals surface area contributed by atoms with E-state index < -0.39 is 5.82 Å². The molecule has 0 spiro atoms. The van der Waals surface area contributed by atoms with Gasteiger partial charge in [-0.3, -0.25) is 9.59 Å². The summed E-state index contributed by atoms with van der Waals surface area (Å²) in [7, 11) is 1.33. The predicted molar refractivity (Wildman–Crippen MR) is 92.1 cm³/mol. The number of aromatic nitrogens is 2. The molecule has 136 valence electrons. The van der Waals surface area contributed by atoms with Crippen molar-refractivity contribution in [2.75, 3.05) is 20.2 Å². The van der Waals surface area contributed by atoms with Crippen molar-refractivity contribution in [3.63, 3.8) is 0 Å². The molecule has 1 atom stereocenters. The van der Waals surface area contributed by atoms with Gasteiger partial charge in [-0.1, -0.05) is 12.1 Å². The number of hydrogen-bond acceptors (Lipinski definition) is 5. The van der Waals surface area contributed by atoms with Crippen LogP contribution in [0.4, 0.5) is 4.39 Å². The van der Waals surface area contributed by atoms with Gasteiger partial charge >= 0.3 is 0 Å². The Morgan fingerprint density at radius 1 is 1.35 bits per heavy atom. The highest BCUT2D eigenvalue weighted by Crippen LogP contribution is 2.21. The smallest absolute Gasteiger partial charge is 0.254 e. The van der Waals surface area contributed by atoms with Gasteiger partial charge < -0.3 is 15.0 Å². The second kappa shape index (κ2) is 7.47. The zero-order valence-corrected chi connectivity index (χ0v) is 14.5. The first-order valence-electron chi connectivity index (χ1n) is 8.24. The first kappa shape index (κ1) is 17.8. The molecule has 0 saturated carbocycles. The molecule has 2 amide bonds. The molecule has 2 aromatic rings. The van der Waals surface area contributed by atoms with Gasteiger partial charge in [-0.15, -0.1) is 0 Å². The van der Waals surface area contributed by atoms with Gasteiger partial charge in [0.2, 0.25) is 11.7 Å². The number of nitrogens with one attached hydrogen (secondary N) is 1. The van der Waals surface area contributed by atoms with E-state index in [0.29, 0.717) is 30.0 Å². The lowest BCUT2D eigenvalue weighted by molar-refractivity contribution is -0.120. The second-order valence-electron chi connectivity index (χ2n) is 6.03. The highest BCUT2D eigenvalue weighted by atomic mass is 19.1. The second-order valence-corrected chi connectivity index (χ2v) is 6.03. The molecule has 1 aliphatic rings. The van der Waals surface area contributed by atoms with Crippen molar-refractivity contribution in [1.82, 2.24) is 20.2 Å². The molecule has 2 heterocycles. The number of nitrogens with zero attached hydrogens (tertiary/aromatic N) is 3. The van der Waals surface area contributed by atoms with Crippen LogP contribution in [0.15, 0.2) is 30.5 Å². The van der Waals surface area contributed by atoms with Crippen LogP contribution in [0.25, 0.3) is 11.4 Å². The molecular formula is C18H19FN4O3. The molecule has 0 aliphatic carbocycles. The summed E-state index contributed by atoms with van der Waals surface area (Å²) in [6.07, 6.45) is 1.33. The van der Waals surface area contributed by atoms with E-state index in [1.54, 1.807) is 29.2 Å². The third kappa shape index (κ3) is 3.63. The SMILES string of the molecule is COc1nc(-c2ccc(C(=O)N3CCC(=O)NC[C@@H]3C)cc2)ncc1F. The average molecular weight is 358 g/mol. The monoisotopic (exact) mass is 358 g/mol. The van der Waals surface area contributed by atoms with E-state index in [2.05, 4.69) is 15.3 Å². The van der Waals surface area contributed by atoms with E-state index in [-0.39, 0.29) is 30.2 Å². The number of benzene rings is 1. The minimum absolute atomic E-state index is 0.0510. The van der Waals surface area contributed by atoms with Gasteiger partial charge in [0.15, 0.2) is 5.82 Å². The summed E-state index contributed by atoms with van der Waals surface area (Å²) in [4.78, 5) is 33.9. The summed E-state index contributed by atoms with van der Waals surface area (Å²) in [6, 6.07) is 6.66. The number of rotatable bonds is 3. The lowest BCUT2D eigenvalue weighted by Crippen LogP contribution is -2.41. The van der Waals surface area contributed by atoms with E-state index in [1.165, 1.54) is 7.11 Å². The van der Waals surface area contributed by atoms with Gasteiger partial charge in [0.1, 0.15) is 0 Å². The van der Waals surface area contributed by atoms with Crippen molar-refractivity contribution in [1.29, 1.82) is 0 Å². The van der Waals surface area contributed by atoms with Crippen LogP contribution in [0.2, 0.25) is 0 Å². The molecule has 1 saturated heterocycles. The van der Waals surface area contributed by atoms with Crippen LogP contribution >= 0.6 is 0 Å². The van der Waals surface area contributed by atoms with Gasteiger partial charge in [-0.25, -0.2) is 4.98 Å². The summed E-state index contributed by atoms with van der Waals surface area (Å²) in [5, 5.41) is 2.78. The number of carbonyl (C=O) groups excluding carboxylic acids is 2. The topological polar surface area (TPSA) is 84.4 Å². The van der Waals surface area contributed by atoms with Gasteiger partial charge in [-0.05, 0) is 19.1 Å². The largest absolute Gasteiger partial charge is 0.479 e. The Bertz CT molecular complexity index is 826. The maximum absolute atomic E-state index is 13.4. The Labute approximate surface area is 150 Å². The molecule has 3 rings (SSSR count). The van der Waals surface area contributed by atoms with Gasteiger partial charge in [0.05, 0.1) is 13.3 Å². The Balaban J connectivity index is 1.80. The molecule has 1 aromatic carbocycles. The van der Waals surface area contributed by atoms with Crippen molar-refractivity contribution < 1.29 is 18.7 Å². The van der Waals surface area contributed by atoms with E-state index in [9.17, 15) is 14.0 Å². The summed E-state index contributed by atoms with van der Waals surface area (Å²) < 4.78 is 18.3. The van der Waals surface area contributed by atoms with E-state index in [1.807, 2.05) is 6.92 Å². The lowest BCUT2D eigenvalue weighted by atomic mass is 10.1. The van der Waals surface area contributed by atoms with Crippen LogP contribution in [0.5, 0.6) is 5.88 Å². The van der Waals surface area contributed by atoms with Gasteiger partial charge in [0.25, 0.3) is 11.8 Å². The van der Waals surface area contributed by atoms with Crippen LogP contribution in [0.3, 0.4) is 0 Å². The van der Waals surface area contributed by atoms with E-state index in [4.69, 9.17) is 4.74 Å². The quantitative estimate of drug-likeness (QED) is 0.902. The maximum Gasteiger partial charge on any atom is 0.254 e. The maximum atomic E-state index is 13.4. The van der Waals surface area contributed by atoms with E-state index >= 15 is 0 Å². The zero-order chi connectivity index (χ0) is 18.7. The minimum atomic E-state index is -0.638. The lowest BCUT2D eigenvalue weighted by Gasteiger charge is -2.26. The minimum Gasteiger partial charge on any atom is -0.479 e. The summed E-state index contributed by atoms with van der Waals surface area (Å²) in [5.74, 6) is -0.657. The van der Waals surface area contributed by atoms with Crippen molar-refractivity contribution >= 4 is 11.8 Å². The summed E-state index contributed by atoms with van der Waals surface area (Å²) in [6.45, 7) is 2.72. The Kier molecular flexibility index (Phi) is 5.11. The standard InChI is InChI=1S/C18H19FN4O3/c1-11-9-20-15(24)7-8-23(11)18(25)13-5-3-12(4-6-13)16-21-10-14(19)17(22-16)26-2/h3-6,10-11H,7-9H2,1-2H3,(H,20,24)/t11-/m0/s1. The fourth-order valence-corrected chi connectivity index (χ4v) is 2.77. The average Bonchev–Trinajstić information content (AvgIpc) is 2.83. The fourth-order valence-electron chi connectivity index (χ4n) is 2.77. The number of hydrogen-bond donors (Lipinski definition) is 1. The third-order valence-electron chi connectivity index (χ3n) is 4.26. The van der Waals surface area contributed by atoms with Crippen LogP contribution in [-0.4, -0.2) is 52.9 Å². The molecule has 1 fully saturated rings. The molecule has 1 N–H and O–H groups in total. The number of amides is 2. The highest BCUT2D eigenvalue weighted by Gasteiger charge is 2.25. The molecule has 26 heavy (non-hydrogen) atoms. The molecule has 0 radical (unpaired) electrons. The van der Waals surface area contributed by atoms with Gasteiger partial charge in [-0.2, -0.15) is 9.37 Å². The van der Waals surface area contributed by atoms with Crippen LogP contribution in [0, 0.1) is 5.82 Å². The third-order valence-corrected chi connectivity index (χ3v) is 4.26. The van der Waals surface area contributed by atoms with Crippen molar-refractivity contribution in [2.45, 2.75) is 19.4 Å². The summed E-state index contributed by atoms with van der Waals surface area (Å²) >= 11 is 0. The molecule has 8 heteroatoms. The first-order chi connectivity index (χ1) is 12.5. The van der Waals surface area contributed by atoms with Crippen LogP contribution in [-0.2, 0) is 4.79 Å². The molecule has 0 unspecified atom stereocenters. The van der Waals surface area contributed by atoms with Crippen molar-refractivity contribution in [3.05, 3.63) is 41.8 Å². The van der Waals surface area contributed by atoms with Gasteiger partial charge in [0, 0.05) is 36.7 Å². The number of halogens is 1. The molecular weight excluding hydrogens is 339 g/mol. The molecule has 1 aliphatic heterocycles. The van der Waals surface area contributed by atoms with Crippen LogP contribution < -0.4 is 10.1 Å². The number of ether oxygens (including phenoxy) is 1. The number of methoxy groups -OCH3 is 1. The molecule has 0 bridgehead atoms. The Hall–Kier alpha value is -3.03. The van der Waals surface area contributed by atoms with Crippen molar-refractivity contribution in [3.8, 4) is 17.3 Å². The predicted octanol–water partition coefficient (Wildman–Crippen LogP) is 1.64. The summed E-state index contributed by atoms with van der Waals surface area (Å²) in [5.41, 5.74) is 1.14. The highest BCUT2D eigenvalue weighted by molar-refractivity contribution is 5.95. The van der Waals surface area contributed by atoms with Crippen LogP contribution in [0.1, 0.15) is 23.7 Å².